The molecule has 3 rings (SSSR count). The molecule has 0 bridgehead atoms. The number of hydrogen-bond donors (Lipinski definition) is 2. The number of benzene rings is 1. The maximum Gasteiger partial charge on any atom is 0.191 e. The van der Waals surface area contributed by atoms with E-state index in [4.69, 9.17) is 11.6 Å². The molecule has 0 amide bonds. The van der Waals surface area contributed by atoms with Crippen LogP contribution >= 0.6 is 11.6 Å². The molecule has 1 aliphatic carbocycles. The summed E-state index contributed by atoms with van der Waals surface area (Å²) < 4.78 is 0. The predicted molar refractivity (Wildman–Crippen MR) is 111 cm³/mol. The lowest BCUT2D eigenvalue weighted by Gasteiger charge is -2.33. The predicted octanol–water partition coefficient (Wildman–Crippen LogP) is 3.58. The molecule has 26 heavy (non-hydrogen) atoms. The minimum Gasteiger partial charge on any atom is -0.356 e. The topological polar surface area (TPSA) is 39.7 Å². The van der Waals surface area contributed by atoms with E-state index in [1.165, 1.54) is 24.0 Å². The third kappa shape index (κ3) is 5.01. The molecule has 2 fully saturated rings. The van der Waals surface area contributed by atoms with E-state index in [0.717, 1.165) is 50.0 Å². The second kappa shape index (κ2) is 8.45. The number of likely N-dealkylation sites (tertiary alicyclic amines) is 1. The highest BCUT2D eigenvalue weighted by Crippen LogP contribution is 2.48. The lowest BCUT2D eigenvalue weighted by Crippen LogP contribution is -2.50. The number of aliphatic imine (C=N–C) groups is 1. The van der Waals surface area contributed by atoms with E-state index in [1.807, 2.05) is 19.2 Å². The second-order valence-electron chi connectivity index (χ2n) is 7.87. The summed E-state index contributed by atoms with van der Waals surface area (Å²) in [5, 5.41) is 7.97. The Hall–Kier alpha value is -1.52. The number of nitrogens with zero attached hydrogens (tertiary/aromatic N) is 2. The van der Waals surface area contributed by atoms with Crippen molar-refractivity contribution < 1.29 is 0 Å². The van der Waals surface area contributed by atoms with E-state index < -0.39 is 0 Å². The Morgan fingerprint density at radius 1 is 1.35 bits per heavy atom. The summed E-state index contributed by atoms with van der Waals surface area (Å²) in [5.41, 5.74) is 2.79. The van der Waals surface area contributed by atoms with Crippen LogP contribution < -0.4 is 10.6 Å². The van der Waals surface area contributed by atoms with Crippen LogP contribution in [0.25, 0.3) is 0 Å². The largest absolute Gasteiger partial charge is 0.356 e. The molecule has 0 unspecified atom stereocenters. The Morgan fingerprint density at radius 2 is 2.08 bits per heavy atom. The highest BCUT2D eigenvalue weighted by molar-refractivity contribution is 6.30. The van der Waals surface area contributed by atoms with Crippen LogP contribution in [0.3, 0.4) is 0 Å². The summed E-state index contributed by atoms with van der Waals surface area (Å²) in [5.74, 6) is 0.914. The van der Waals surface area contributed by atoms with Crippen molar-refractivity contribution in [3.05, 3.63) is 47.0 Å². The summed E-state index contributed by atoms with van der Waals surface area (Å²) in [6.07, 6.45) is 4.70. The molecule has 2 aliphatic rings. The number of hydrogen-bond acceptors (Lipinski definition) is 2. The van der Waals surface area contributed by atoms with Gasteiger partial charge in [0.05, 0.1) is 0 Å². The SMILES string of the molecule is C=C(C)CN1CCC(NC(=NC)NCC2(c3cccc(Cl)c3)CC2)CC1. The van der Waals surface area contributed by atoms with Crippen molar-refractivity contribution in [2.45, 2.75) is 44.1 Å². The average molecular weight is 375 g/mol. The Balaban J connectivity index is 1.48. The Labute approximate surface area is 162 Å². The third-order valence-corrected chi connectivity index (χ3v) is 5.77. The van der Waals surface area contributed by atoms with Gasteiger partial charge in [-0.1, -0.05) is 35.9 Å². The van der Waals surface area contributed by atoms with Gasteiger partial charge in [0.15, 0.2) is 5.96 Å². The molecule has 1 aromatic rings. The zero-order valence-corrected chi connectivity index (χ0v) is 16.8. The first kappa shape index (κ1) is 19.2. The lowest BCUT2D eigenvalue weighted by atomic mass is 9.96. The second-order valence-corrected chi connectivity index (χ2v) is 8.30. The van der Waals surface area contributed by atoms with E-state index >= 15 is 0 Å². The Bertz CT molecular complexity index is 658. The first-order valence-electron chi connectivity index (χ1n) is 9.61. The number of rotatable bonds is 6. The van der Waals surface area contributed by atoms with Gasteiger partial charge in [0, 0.05) is 49.7 Å². The highest BCUT2D eigenvalue weighted by atomic mass is 35.5. The number of guanidine groups is 1. The summed E-state index contributed by atoms with van der Waals surface area (Å²) in [6.45, 7) is 10.3. The van der Waals surface area contributed by atoms with Gasteiger partial charge in [-0.3, -0.25) is 9.89 Å². The molecule has 1 saturated heterocycles. The standard InChI is InChI=1S/C21H31ClN4/c1-16(2)14-26-11-7-19(8-12-26)25-20(23-3)24-15-21(9-10-21)17-5-4-6-18(22)13-17/h4-6,13,19H,1,7-12,14-15H2,2-3H3,(H2,23,24,25). The van der Waals surface area contributed by atoms with Crippen LogP contribution in [0.1, 0.15) is 38.2 Å². The van der Waals surface area contributed by atoms with Crippen LogP contribution in [0.15, 0.2) is 41.4 Å². The van der Waals surface area contributed by atoms with E-state index in [9.17, 15) is 0 Å². The van der Waals surface area contributed by atoms with Gasteiger partial charge in [-0.2, -0.15) is 0 Å². The van der Waals surface area contributed by atoms with Crippen molar-refractivity contribution >= 4 is 17.6 Å². The van der Waals surface area contributed by atoms with Crippen molar-refractivity contribution in [1.29, 1.82) is 0 Å². The fourth-order valence-electron chi connectivity index (χ4n) is 3.79. The highest BCUT2D eigenvalue weighted by Gasteiger charge is 2.44. The van der Waals surface area contributed by atoms with E-state index in [0.29, 0.717) is 6.04 Å². The molecule has 0 atom stereocenters. The van der Waals surface area contributed by atoms with Crippen LogP contribution in [0.5, 0.6) is 0 Å². The van der Waals surface area contributed by atoms with E-state index in [2.05, 4.69) is 46.2 Å². The molecule has 0 spiro atoms. The van der Waals surface area contributed by atoms with Gasteiger partial charge in [-0.25, -0.2) is 0 Å². The summed E-state index contributed by atoms with van der Waals surface area (Å²) in [6, 6.07) is 8.76. The van der Waals surface area contributed by atoms with Crippen molar-refractivity contribution in [1.82, 2.24) is 15.5 Å². The third-order valence-electron chi connectivity index (χ3n) is 5.53. The normalized spacial score (nSPS) is 20.7. The molecule has 2 N–H and O–H groups in total. The van der Waals surface area contributed by atoms with Gasteiger partial charge in [0.1, 0.15) is 0 Å². The number of nitrogens with one attached hydrogen (secondary N) is 2. The van der Waals surface area contributed by atoms with Gasteiger partial charge < -0.3 is 10.6 Å². The van der Waals surface area contributed by atoms with E-state index in [1.54, 1.807) is 0 Å². The van der Waals surface area contributed by atoms with E-state index in [-0.39, 0.29) is 5.41 Å². The van der Waals surface area contributed by atoms with Crippen LogP contribution in [0.4, 0.5) is 0 Å². The smallest absolute Gasteiger partial charge is 0.191 e. The molecule has 1 heterocycles. The Morgan fingerprint density at radius 3 is 2.65 bits per heavy atom. The maximum atomic E-state index is 6.17. The van der Waals surface area contributed by atoms with Crippen molar-refractivity contribution in [3.63, 3.8) is 0 Å². The van der Waals surface area contributed by atoms with Gasteiger partial charge >= 0.3 is 0 Å². The summed E-state index contributed by atoms with van der Waals surface area (Å²) in [7, 11) is 1.85. The zero-order chi connectivity index (χ0) is 18.6. The Kier molecular flexibility index (Phi) is 6.25. The summed E-state index contributed by atoms with van der Waals surface area (Å²) >= 11 is 6.17. The molecule has 1 saturated carbocycles. The maximum absolute atomic E-state index is 6.17. The molecule has 5 heteroatoms. The molecule has 4 nitrogen and oxygen atoms in total. The quantitative estimate of drug-likeness (QED) is 0.454. The molecular weight excluding hydrogens is 344 g/mol. The first-order valence-corrected chi connectivity index (χ1v) is 9.98. The van der Waals surface area contributed by atoms with Crippen LogP contribution in [-0.4, -0.2) is 50.1 Å². The zero-order valence-electron chi connectivity index (χ0n) is 16.0. The molecule has 0 aromatic heterocycles. The number of halogens is 1. The fraction of sp³-hybridized carbons (Fsp3) is 0.571. The fourth-order valence-corrected chi connectivity index (χ4v) is 3.99. The molecular formula is C21H31ClN4. The van der Waals surface area contributed by atoms with Crippen LogP contribution in [-0.2, 0) is 5.41 Å². The molecule has 1 aromatic carbocycles. The number of piperidine rings is 1. The molecule has 0 radical (unpaired) electrons. The minimum absolute atomic E-state index is 0.216. The van der Waals surface area contributed by atoms with Crippen LogP contribution in [0, 0.1) is 0 Å². The van der Waals surface area contributed by atoms with Crippen molar-refractivity contribution in [2.24, 2.45) is 4.99 Å². The van der Waals surface area contributed by atoms with Gasteiger partial charge in [-0.15, -0.1) is 0 Å². The first-order chi connectivity index (χ1) is 12.5. The monoisotopic (exact) mass is 374 g/mol. The average Bonchev–Trinajstić information content (AvgIpc) is 3.41. The van der Waals surface area contributed by atoms with Gasteiger partial charge in [0.25, 0.3) is 0 Å². The summed E-state index contributed by atoms with van der Waals surface area (Å²) in [4.78, 5) is 6.91. The van der Waals surface area contributed by atoms with Gasteiger partial charge in [-0.05, 0) is 50.3 Å². The molecule has 142 valence electrons. The van der Waals surface area contributed by atoms with Crippen molar-refractivity contribution in [2.75, 3.05) is 33.2 Å². The van der Waals surface area contributed by atoms with Crippen LogP contribution in [0.2, 0.25) is 5.02 Å². The lowest BCUT2D eigenvalue weighted by molar-refractivity contribution is 0.221. The minimum atomic E-state index is 0.216. The van der Waals surface area contributed by atoms with Gasteiger partial charge in [0.2, 0.25) is 0 Å². The molecule has 1 aliphatic heterocycles. The van der Waals surface area contributed by atoms with Crippen molar-refractivity contribution in [3.8, 4) is 0 Å².